The number of ether oxygens (including phenoxy) is 2. The molecule has 1 amide bonds. The summed E-state index contributed by atoms with van der Waals surface area (Å²) in [4.78, 5) is 16.2. The molecular formula is C20H24N2O3. The molecule has 0 radical (unpaired) electrons. The van der Waals surface area contributed by atoms with Crippen LogP contribution in [0.3, 0.4) is 0 Å². The van der Waals surface area contributed by atoms with Gasteiger partial charge in [0.1, 0.15) is 17.6 Å². The summed E-state index contributed by atoms with van der Waals surface area (Å²) in [5, 5.41) is 2.98. The smallest absolute Gasteiger partial charge is 0.220 e. The molecule has 0 saturated carbocycles. The molecule has 0 saturated heterocycles. The minimum absolute atomic E-state index is 0.0149. The zero-order chi connectivity index (χ0) is 17.6. The van der Waals surface area contributed by atoms with Crippen LogP contribution in [0.15, 0.2) is 36.7 Å². The Hall–Kier alpha value is -2.56. The van der Waals surface area contributed by atoms with Gasteiger partial charge >= 0.3 is 0 Å². The van der Waals surface area contributed by atoms with Crippen molar-refractivity contribution >= 4 is 5.91 Å². The van der Waals surface area contributed by atoms with Crippen molar-refractivity contribution in [3.8, 4) is 11.5 Å². The molecule has 0 bridgehead atoms. The summed E-state index contributed by atoms with van der Waals surface area (Å²) in [6, 6.07) is 7.89. The second-order valence-corrected chi connectivity index (χ2v) is 6.27. The molecule has 5 heteroatoms. The average Bonchev–Trinajstić information content (AvgIpc) is 2.98. The van der Waals surface area contributed by atoms with Gasteiger partial charge in [-0.15, -0.1) is 0 Å². The van der Waals surface area contributed by atoms with E-state index in [-0.39, 0.29) is 12.0 Å². The van der Waals surface area contributed by atoms with Crippen LogP contribution in [-0.2, 0) is 24.2 Å². The van der Waals surface area contributed by atoms with Gasteiger partial charge in [0.15, 0.2) is 0 Å². The highest BCUT2D eigenvalue weighted by Crippen LogP contribution is 2.35. The lowest BCUT2D eigenvalue weighted by atomic mass is 10.1. The number of carbonyl (C=O) groups excluding carboxylic acids is 1. The van der Waals surface area contributed by atoms with Gasteiger partial charge in [0.2, 0.25) is 5.91 Å². The van der Waals surface area contributed by atoms with Crippen molar-refractivity contribution in [2.24, 2.45) is 0 Å². The number of carbonyl (C=O) groups is 1. The van der Waals surface area contributed by atoms with Crippen LogP contribution < -0.4 is 14.8 Å². The molecule has 0 fully saturated rings. The minimum Gasteiger partial charge on any atom is -0.494 e. The van der Waals surface area contributed by atoms with E-state index in [2.05, 4.69) is 17.2 Å². The first-order chi connectivity index (χ1) is 12.2. The predicted octanol–water partition coefficient (Wildman–Crippen LogP) is 3.05. The lowest BCUT2D eigenvalue weighted by Gasteiger charge is -2.13. The van der Waals surface area contributed by atoms with Crippen LogP contribution in [-0.4, -0.2) is 23.6 Å². The molecule has 1 N–H and O–H groups in total. The number of rotatable bonds is 7. The molecule has 1 unspecified atom stereocenters. The standard InChI is InChI=1S/C20H24N2O3/c1-3-24-18-10-16-9-14(2)25-19(16)11-17(18)13-22-20(23)7-6-15-5-4-8-21-12-15/h4-5,8,10-12,14H,3,6-7,9,13H2,1-2H3,(H,22,23). The normalized spacial score (nSPS) is 15.4. The van der Waals surface area contributed by atoms with Gasteiger partial charge in [0.05, 0.1) is 6.61 Å². The summed E-state index contributed by atoms with van der Waals surface area (Å²) in [6.07, 6.45) is 5.73. The molecule has 0 spiro atoms. The Morgan fingerprint density at radius 1 is 1.44 bits per heavy atom. The predicted molar refractivity (Wildman–Crippen MR) is 95.8 cm³/mol. The second kappa shape index (κ2) is 8.01. The number of nitrogens with one attached hydrogen (secondary N) is 1. The maximum Gasteiger partial charge on any atom is 0.220 e. The SMILES string of the molecule is CCOc1cc2c(cc1CNC(=O)CCc1cccnc1)OC(C)C2. The van der Waals surface area contributed by atoms with Crippen molar-refractivity contribution in [3.05, 3.63) is 53.3 Å². The molecule has 2 aromatic rings. The fraction of sp³-hybridized carbons (Fsp3) is 0.400. The van der Waals surface area contributed by atoms with Crippen molar-refractivity contribution in [1.29, 1.82) is 0 Å². The summed E-state index contributed by atoms with van der Waals surface area (Å²) in [5.74, 6) is 1.74. The summed E-state index contributed by atoms with van der Waals surface area (Å²) < 4.78 is 11.6. The van der Waals surface area contributed by atoms with Gasteiger partial charge in [0.25, 0.3) is 0 Å². The zero-order valence-electron chi connectivity index (χ0n) is 14.7. The van der Waals surface area contributed by atoms with E-state index >= 15 is 0 Å². The third kappa shape index (κ3) is 4.50. The molecule has 25 heavy (non-hydrogen) atoms. The molecule has 5 nitrogen and oxygen atoms in total. The Morgan fingerprint density at radius 2 is 2.32 bits per heavy atom. The van der Waals surface area contributed by atoms with E-state index in [1.165, 1.54) is 5.56 Å². The number of fused-ring (bicyclic) bond motifs is 1. The molecule has 3 rings (SSSR count). The van der Waals surface area contributed by atoms with Gasteiger partial charge in [0, 0.05) is 42.9 Å². The lowest BCUT2D eigenvalue weighted by Crippen LogP contribution is -2.23. The maximum atomic E-state index is 12.1. The van der Waals surface area contributed by atoms with Crippen molar-refractivity contribution in [2.75, 3.05) is 6.61 Å². The van der Waals surface area contributed by atoms with Crippen molar-refractivity contribution in [2.45, 2.75) is 45.8 Å². The molecule has 2 heterocycles. The molecule has 1 aliphatic rings. The Balaban J connectivity index is 1.60. The lowest BCUT2D eigenvalue weighted by molar-refractivity contribution is -0.121. The van der Waals surface area contributed by atoms with E-state index in [1.807, 2.05) is 31.2 Å². The van der Waals surface area contributed by atoms with Crippen molar-refractivity contribution < 1.29 is 14.3 Å². The van der Waals surface area contributed by atoms with E-state index in [0.29, 0.717) is 26.0 Å². The first kappa shape index (κ1) is 17.3. The van der Waals surface area contributed by atoms with E-state index < -0.39 is 0 Å². The maximum absolute atomic E-state index is 12.1. The van der Waals surface area contributed by atoms with Gasteiger partial charge in [-0.3, -0.25) is 9.78 Å². The number of aryl methyl sites for hydroxylation is 1. The quantitative estimate of drug-likeness (QED) is 0.841. The number of hydrogen-bond donors (Lipinski definition) is 1. The van der Waals surface area contributed by atoms with Crippen LogP contribution in [0.4, 0.5) is 0 Å². The van der Waals surface area contributed by atoms with E-state index in [4.69, 9.17) is 9.47 Å². The minimum atomic E-state index is 0.0149. The average molecular weight is 340 g/mol. The van der Waals surface area contributed by atoms with Gasteiger partial charge in [-0.25, -0.2) is 0 Å². The summed E-state index contributed by atoms with van der Waals surface area (Å²) >= 11 is 0. The number of nitrogens with zero attached hydrogens (tertiary/aromatic N) is 1. The molecular weight excluding hydrogens is 316 g/mol. The number of hydrogen-bond acceptors (Lipinski definition) is 4. The molecule has 0 aliphatic carbocycles. The first-order valence-corrected chi connectivity index (χ1v) is 8.76. The Kier molecular flexibility index (Phi) is 5.53. The van der Waals surface area contributed by atoms with Crippen molar-refractivity contribution in [1.82, 2.24) is 10.3 Å². The largest absolute Gasteiger partial charge is 0.494 e. The fourth-order valence-corrected chi connectivity index (χ4v) is 3.00. The first-order valence-electron chi connectivity index (χ1n) is 8.76. The van der Waals surface area contributed by atoms with Gasteiger partial charge in [-0.05, 0) is 44.0 Å². The molecule has 1 aromatic carbocycles. The van der Waals surface area contributed by atoms with E-state index in [9.17, 15) is 4.79 Å². The van der Waals surface area contributed by atoms with Crippen LogP contribution in [0.25, 0.3) is 0 Å². The van der Waals surface area contributed by atoms with Gasteiger partial charge in [-0.1, -0.05) is 6.07 Å². The summed E-state index contributed by atoms with van der Waals surface area (Å²) in [7, 11) is 0. The van der Waals surface area contributed by atoms with E-state index in [1.54, 1.807) is 12.4 Å². The molecule has 1 atom stereocenters. The number of aromatic nitrogens is 1. The van der Waals surface area contributed by atoms with Crippen LogP contribution in [0.1, 0.15) is 37.0 Å². The van der Waals surface area contributed by atoms with Crippen molar-refractivity contribution in [3.63, 3.8) is 0 Å². The zero-order valence-corrected chi connectivity index (χ0v) is 14.7. The topological polar surface area (TPSA) is 60.5 Å². The molecule has 1 aliphatic heterocycles. The highest BCUT2D eigenvalue weighted by atomic mass is 16.5. The Labute approximate surface area is 148 Å². The number of amides is 1. The van der Waals surface area contributed by atoms with Crippen LogP contribution in [0.5, 0.6) is 11.5 Å². The van der Waals surface area contributed by atoms with E-state index in [0.717, 1.165) is 29.0 Å². The van der Waals surface area contributed by atoms with Crippen LogP contribution in [0.2, 0.25) is 0 Å². The Bertz CT molecular complexity index is 731. The Morgan fingerprint density at radius 3 is 3.08 bits per heavy atom. The second-order valence-electron chi connectivity index (χ2n) is 6.27. The van der Waals surface area contributed by atoms with Gasteiger partial charge < -0.3 is 14.8 Å². The molecule has 1 aromatic heterocycles. The highest BCUT2D eigenvalue weighted by molar-refractivity contribution is 5.76. The third-order valence-corrected chi connectivity index (χ3v) is 4.22. The summed E-state index contributed by atoms with van der Waals surface area (Å²) in [6.45, 7) is 5.05. The van der Waals surface area contributed by atoms with Gasteiger partial charge in [-0.2, -0.15) is 0 Å². The summed E-state index contributed by atoms with van der Waals surface area (Å²) in [5.41, 5.74) is 3.18. The fourth-order valence-electron chi connectivity index (χ4n) is 3.00. The highest BCUT2D eigenvalue weighted by Gasteiger charge is 2.22. The van der Waals surface area contributed by atoms with Crippen LogP contribution >= 0.6 is 0 Å². The number of benzene rings is 1. The third-order valence-electron chi connectivity index (χ3n) is 4.22. The molecule has 132 valence electrons. The number of pyridine rings is 1. The monoisotopic (exact) mass is 340 g/mol. The van der Waals surface area contributed by atoms with Crippen LogP contribution in [0, 0.1) is 0 Å².